The molecule has 0 saturated carbocycles. The van der Waals surface area contributed by atoms with E-state index in [4.69, 9.17) is 0 Å². The number of carbonyl (C=O) groups is 2. The molecule has 1 N–H and O–H groups in total. The molecule has 1 heterocycles. The van der Waals surface area contributed by atoms with E-state index in [0.29, 0.717) is 12.1 Å². The topological polar surface area (TPSA) is 83.6 Å². The highest BCUT2D eigenvalue weighted by Gasteiger charge is 2.21. The maximum absolute atomic E-state index is 11.6. The van der Waals surface area contributed by atoms with Crippen molar-refractivity contribution < 1.29 is 18.0 Å². The number of hydrogen-bond acceptors (Lipinski definition) is 4. The van der Waals surface area contributed by atoms with E-state index in [-0.39, 0.29) is 24.0 Å². The molecule has 114 valence electrons. The van der Waals surface area contributed by atoms with Crippen molar-refractivity contribution in [3.8, 4) is 0 Å². The zero-order valence-corrected chi connectivity index (χ0v) is 12.6. The highest BCUT2D eigenvalue weighted by molar-refractivity contribution is 7.90. The predicted octanol–water partition coefficient (Wildman–Crippen LogP) is 1.19. The summed E-state index contributed by atoms with van der Waals surface area (Å²) in [4.78, 5) is 24.9. The summed E-state index contributed by atoms with van der Waals surface area (Å²) in [5.74, 6) is -0.399. The smallest absolute Gasteiger partial charge is 0.227 e. The van der Waals surface area contributed by atoms with Crippen molar-refractivity contribution in [1.29, 1.82) is 0 Å². The van der Waals surface area contributed by atoms with Gasteiger partial charge in [0.15, 0.2) is 0 Å². The van der Waals surface area contributed by atoms with Crippen molar-refractivity contribution in [2.45, 2.75) is 19.3 Å². The van der Waals surface area contributed by atoms with Gasteiger partial charge in [-0.15, -0.1) is 0 Å². The van der Waals surface area contributed by atoms with Crippen molar-refractivity contribution in [2.24, 2.45) is 0 Å². The molecule has 2 amide bonds. The van der Waals surface area contributed by atoms with Gasteiger partial charge < -0.3 is 10.2 Å². The molecular weight excluding hydrogens is 292 g/mol. The molecule has 1 aliphatic heterocycles. The Morgan fingerprint density at radius 1 is 1.29 bits per heavy atom. The van der Waals surface area contributed by atoms with Crippen LogP contribution in [0, 0.1) is 0 Å². The molecule has 1 saturated heterocycles. The average molecular weight is 310 g/mol. The summed E-state index contributed by atoms with van der Waals surface area (Å²) < 4.78 is 22.0. The SMILES string of the molecule is CS(=O)(=O)CCC(=O)Nc1ccc(N2CCCC2=O)cc1. The van der Waals surface area contributed by atoms with E-state index in [1.165, 1.54) is 0 Å². The largest absolute Gasteiger partial charge is 0.326 e. The maximum Gasteiger partial charge on any atom is 0.227 e. The monoisotopic (exact) mass is 310 g/mol. The minimum absolute atomic E-state index is 0.0643. The average Bonchev–Trinajstić information content (AvgIpc) is 2.83. The van der Waals surface area contributed by atoms with Crippen LogP contribution in [0.15, 0.2) is 24.3 Å². The first kappa shape index (κ1) is 15.5. The third kappa shape index (κ3) is 4.56. The zero-order chi connectivity index (χ0) is 15.5. The van der Waals surface area contributed by atoms with E-state index in [2.05, 4.69) is 5.32 Å². The molecule has 21 heavy (non-hydrogen) atoms. The second kappa shape index (κ2) is 6.26. The van der Waals surface area contributed by atoms with E-state index in [9.17, 15) is 18.0 Å². The van der Waals surface area contributed by atoms with E-state index in [1.807, 2.05) is 0 Å². The van der Waals surface area contributed by atoms with Crippen LogP contribution < -0.4 is 10.2 Å². The molecular formula is C14H18N2O4S. The molecule has 1 aliphatic rings. The van der Waals surface area contributed by atoms with E-state index in [1.54, 1.807) is 29.2 Å². The minimum atomic E-state index is -3.14. The van der Waals surface area contributed by atoms with E-state index in [0.717, 1.165) is 24.9 Å². The fraction of sp³-hybridized carbons (Fsp3) is 0.429. The Balaban J connectivity index is 1.93. The van der Waals surface area contributed by atoms with Crippen molar-refractivity contribution in [1.82, 2.24) is 0 Å². The lowest BCUT2D eigenvalue weighted by Gasteiger charge is -2.16. The normalized spacial score (nSPS) is 15.3. The van der Waals surface area contributed by atoms with Crippen molar-refractivity contribution in [3.63, 3.8) is 0 Å². The third-order valence-corrected chi connectivity index (χ3v) is 4.18. The van der Waals surface area contributed by atoms with Gasteiger partial charge in [0.1, 0.15) is 9.84 Å². The summed E-state index contributed by atoms with van der Waals surface area (Å²) in [6.07, 6.45) is 2.47. The van der Waals surface area contributed by atoms with Gasteiger partial charge in [-0.1, -0.05) is 0 Å². The number of amides is 2. The van der Waals surface area contributed by atoms with Crippen LogP contribution in [0.25, 0.3) is 0 Å². The number of anilines is 2. The Bertz CT molecular complexity index is 637. The fourth-order valence-electron chi connectivity index (χ4n) is 2.15. The van der Waals surface area contributed by atoms with Gasteiger partial charge in [0.05, 0.1) is 5.75 Å². The van der Waals surface area contributed by atoms with Crippen LogP contribution in [0.4, 0.5) is 11.4 Å². The maximum atomic E-state index is 11.6. The number of benzene rings is 1. The predicted molar refractivity (Wildman–Crippen MR) is 81.0 cm³/mol. The van der Waals surface area contributed by atoms with Crippen LogP contribution >= 0.6 is 0 Å². The van der Waals surface area contributed by atoms with Crippen molar-refractivity contribution in [3.05, 3.63) is 24.3 Å². The summed E-state index contributed by atoms with van der Waals surface area (Å²) in [6.45, 7) is 0.721. The highest BCUT2D eigenvalue weighted by atomic mass is 32.2. The summed E-state index contributed by atoms with van der Waals surface area (Å²) in [7, 11) is -3.14. The second-order valence-corrected chi connectivity index (χ2v) is 7.38. The van der Waals surface area contributed by atoms with Gasteiger partial charge >= 0.3 is 0 Å². The fourth-order valence-corrected chi connectivity index (χ4v) is 2.70. The molecule has 1 fully saturated rings. The first-order valence-electron chi connectivity index (χ1n) is 6.73. The van der Waals surface area contributed by atoms with Gasteiger partial charge in [0.25, 0.3) is 0 Å². The Morgan fingerprint density at radius 2 is 1.95 bits per heavy atom. The third-order valence-electron chi connectivity index (χ3n) is 3.24. The molecule has 2 rings (SSSR count). The molecule has 1 aromatic rings. The Labute approximate surface area is 124 Å². The van der Waals surface area contributed by atoms with Gasteiger partial charge in [0, 0.05) is 37.0 Å². The molecule has 6 nitrogen and oxygen atoms in total. The lowest BCUT2D eigenvalue weighted by atomic mass is 10.2. The molecule has 0 bridgehead atoms. The Morgan fingerprint density at radius 3 is 2.48 bits per heavy atom. The number of nitrogens with one attached hydrogen (secondary N) is 1. The number of nitrogens with zero attached hydrogens (tertiary/aromatic N) is 1. The number of sulfone groups is 1. The summed E-state index contributed by atoms with van der Waals surface area (Å²) in [5.41, 5.74) is 1.40. The van der Waals surface area contributed by atoms with Crippen molar-refractivity contribution in [2.75, 3.05) is 28.8 Å². The lowest BCUT2D eigenvalue weighted by Crippen LogP contribution is -2.23. The van der Waals surface area contributed by atoms with Crippen LogP contribution in [-0.4, -0.2) is 38.8 Å². The summed E-state index contributed by atoms with van der Waals surface area (Å²) in [5, 5.41) is 2.64. The Hall–Kier alpha value is -1.89. The first-order chi connectivity index (χ1) is 9.85. The summed E-state index contributed by atoms with van der Waals surface area (Å²) in [6, 6.07) is 6.96. The van der Waals surface area contributed by atoms with E-state index < -0.39 is 9.84 Å². The quantitative estimate of drug-likeness (QED) is 0.885. The molecule has 0 atom stereocenters. The van der Waals surface area contributed by atoms with Crippen LogP contribution in [-0.2, 0) is 19.4 Å². The van der Waals surface area contributed by atoms with Crippen molar-refractivity contribution >= 4 is 33.0 Å². The van der Waals surface area contributed by atoms with Crippen LogP contribution in [0.2, 0.25) is 0 Å². The second-order valence-electron chi connectivity index (χ2n) is 5.12. The molecule has 0 aromatic heterocycles. The minimum Gasteiger partial charge on any atom is -0.326 e. The van der Waals surface area contributed by atoms with Gasteiger partial charge in [-0.25, -0.2) is 8.42 Å². The molecule has 0 aliphatic carbocycles. The standard InChI is InChI=1S/C14H18N2O4S/c1-21(19,20)10-8-13(17)15-11-4-6-12(7-5-11)16-9-2-3-14(16)18/h4-7H,2-3,8-10H2,1H3,(H,15,17). The Kier molecular flexibility index (Phi) is 4.62. The van der Waals surface area contributed by atoms with Crippen LogP contribution in [0.3, 0.4) is 0 Å². The molecule has 0 unspecified atom stereocenters. The van der Waals surface area contributed by atoms with Crippen LogP contribution in [0.1, 0.15) is 19.3 Å². The van der Waals surface area contributed by atoms with Crippen LogP contribution in [0.5, 0.6) is 0 Å². The highest BCUT2D eigenvalue weighted by Crippen LogP contribution is 2.23. The van der Waals surface area contributed by atoms with Gasteiger partial charge in [-0.3, -0.25) is 9.59 Å². The lowest BCUT2D eigenvalue weighted by molar-refractivity contribution is -0.117. The van der Waals surface area contributed by atoms with Gasteiger partial charge in [-0.2, -0.15) is 0 Å². The number of carbonyl (C=O) groups excluding carboxylic acids is 2. The first-order valence-corrected chi connectivity index (χ1v) is 8.79. The van der Waals surface area contributed by atoms with E-state index >= 15 is 0 Å². The van der Waals surface area contributed by atoms with Gasteiger partial charge in [-0.05, 0) is 30.7 Å². The zero-order valence-electron chi connectivity index (χ0n) is 11.8. The molecule has 0 spiro atoms. The number of hydrogen-bond donors (Lipinski definition) is 1. The number of rotatable bonds is 5. The molecule has 7 heteroatoms. The van der Waals surface area contributed by atoms with Gasteiger partial charge in [0.2, 0.25) is 11.8 Å². The summed E-state index contributed by atoms with van der Waals surface area (Å²) >= 11 is 0. The molecule has 0 radical (unpaired) electrons. The molecule has 1 aromatic carbocycles.